The number of nitrogens with zero attached hydrogens (tertiary/aromatic N) is 1. The Balaban J connectivity index is 1.53. The Morgan fingerprint density at radius 1 is 0.952 bits per heavy atom. The minimum absolute atomic E-state index is 0.106. The van der Waals surface area contributed by atoms with E-state index in [1.807, 2.05) is 0 Å². The fourth-order valence-electron chi connectivity index (χ4n) is 4.97. The number of hydrogen-bond acceptors (Lipinski definition) is 6. The molecule has 2 N–H and O–H groups in total. The molecule has 0 unspecified atom stereocenters. The molecule has 42 heavy (non-hydrogen) atoms. The quantitative estimate of drug-likeness (QED) is 0.256. The number of amides is 2. The Labute approximate surface area is 245 Å². The second kappa shape index (κ2) is 13.1. The number of halogens is 2. The predicted octanol–water partition coefficient (Wildman–Crippen LogP) is 7.14. The number of urea groups is 1. The number of carbonyl (C=O) groups is 1. The lowest BCUT2D eigenvalue weighted by atomic mass is 9.81. The van der Waals surface area contributed by atoms with Gasteiger partial charge >= 0.3 is 6.03 Å². The molecule has 0 spiro atoms. The summed E-state index contributed by atoms with van der Waals surface area (Å²) in [5.74, 6) is -0.468. The molecule has 11 heteroatoms. The van der Waals surface area contributed by atoms with Crippen molar-refractivity contribution in [3.63, 3.8) is 0 Å². The zero-order valence-corrected chi connectivity index (χ0v) is 24.7. The normalized spacial score (nSPS) is 15.0. The third-order valence-corrected chi connectivity index (χ3v) is 8.65. The van der Waals surface area contributed by atoms with Crippen molar-refractivity contribution in [3.05, 3.63) is 72.3 Å². The smallest absolute Gasteiger partial charge is 0.321 e. The summed E-state index contributed by atoms with van der Waals surface area (Å²) in [4.78, 5) is 14.6. The van der Waals surface area contributed by atoms with E-state index in [0.717, 1.165) is 25.2 Å². The average molecular weight is 603 g/mol. The second-order valence-corrected chi connectivity index (χ2v) is 12.8. The van der Waals surface area contributed by atoms with Crippen LogP contribution in [0.2, 0.25) is 0 Å². The van der Waals surface area contributed by atoms with Crippen molar-refractivity contribution in [1.29, 1.82) is 0 Å². The SMILES string of the molecule is CCC(CC)CC1(O)CCN(C(=O)Nc2cc(Oc3ccc(F)cc3)cc(Oc3ccc(S(C)(=O)=O)cc3F)c2)CC1. The van der Waals surface area contributed by atoms with E-state index in [1.54, 1.807) is 11.0 Å². The molecule has 0 bridgehead atoms. The molecule has 1 aliphatic heterocycles. The molecule has 2 amide bonds. The van der Waals surface area contributed by atoms with Crippen LogP contribution in [0.25, 0.3) is 0 Å². The standard InChI is InChI=1S/C31H36F2N2O6S/c1-4-21(5-2)20-31(37)12-14-35(15-13-31)30(36)34-23-16-25(40-24-8-6-22(32)7-9-24)18-26(17-23)41-29-11-10-27(19-28(29)33)42(3,38)39/h6-11,16-19,21,37H,4-5,12-15,20H2,1-3H3,(H,34,36). The summed E-state index contributed by atoms with van der Waals surface area (Å²) in [5.41, 5.74) is -0.505. The Morgan fingerprint density at radius 3 is 2.14 bits per heavy atom. The van der Waals surface area contributed by atoms with Gasteiger partial charge in [0.2, 0.25) is 0 Å². The summed E-state index contributed by atoms with van der Waals surface area (Å²) in [5, 5.41) is 13.9. The molecular formula is C31H36F2N2O6S. The van der Waals surface area contributed by atoms with Crippen LogP contribution < -0.4 is 14.8 Å². The molecule has 0 aliphatic carbocycles. The molecule has 0 aromatic heterocycles. The van der Waals surface area contributed by atoms with Gasteiger partial charge in [0.05, 0.1) is 10.5 Å². The fourth-order valence-corrected chi connectivity index (χ4v) is 5.60. The van der Waals surface area contributed by atoms with Crippen LogP contribution in [-0.4, -0.2) is 49.4 Å². The lowest BCUT2D eigenvalue weighted by Gasteiger charge is -2.39. The van der Waals surface area contributed by atoms with Crippen LogP contribution >= 0.6 is 0 Å². The van der Waals surface area contributed by atoms with Crippen molar-refractivity contribution in [2.45, 2.75) is 56.4 Å². The maximum absolute atomic E-state index is 14.7. The first-order chi connectivity index (χ1) is 19.9. The van der Waals surface area contributed by atoms with Crippen LogP contribution in [0.1, 0.15) is 46.0 Å². The minimum atomic E-state index is -3.62. The van der Waals surface area contributed by atoms with E-state index in [9.17, 15) is 27.1 Å². The van der Waals surface area contributed by atoms with Gasteiger partial charge in [0, 0.05) is 43.2 Å². The number of carbonyl (C=O) groups excluding carboxylic acids is 1. The summed E-state index contributed by atoms with van der Waals surface area (Å²) in [6.07, 6.45) is 4.62. The van der Waals surface area contributed by atoms with Gasteiger partial charge in [-0.15, -0.1) is 0 Å². The number of anilines is 1. The number of hydrogen-bond donors (Lipinski definition) is 2. The Morgan fingerprint density at radius 2 is 1.57 bits per heavy atom. The number of benzene rings is 3. The molecule has 0 radical (unpaired) electrons. The maximum atomic E-state index is 14.7. The van der Waals surface area contributed by atoms with E-state index in [1.165, 1.54) is 48.5 Å². The molecule has 4 rings (SSSR count). The highest BCUT2D eigenvalue weighted by Gasteiger charge is 2.35. The average Bonchev–Trinajstić information content (AvgIpc) is 2.94. The monoisotopic (exact) mass is 602 g/mol. The van der Waals surface area contributed by atoms with E-state index < -0.39 is 27.1 Å². The van der Waals surface area contributed by atoms with Crippen molar-refractivity contribution in [2.24, 2.45) is 5.92 Å². The number of ether oxygens (including phenoxy) is 2. The lowest BCUT2D eigenvalue weighted by molar-refractivity contribution is -0.0309. The van der Waals surface area contributed by atoms with Crippen molar-refractivity contribution in [3.8, 4) is 23.0 Å². The third-order valence-electron chi connectivity index (χ3n) is 7.54. The molecule has 0 atom stereocenters. The van der Waals surface area contributed by atoms with E-state index in [0.29, 0.717) is 49.7 Å². The third kappa shape index (κ3) is 8.19. The number of nitrogens with one attached hydrogen (secondary N) is 1. The molecular weight excluding hydrogens is 566 g/mol. The number of piperidine rings is 1. The molecule has 226 valence electrons. The van der Waals surface area contributed by atoms with Gasteiger partial charge in [-0.05, 0) is 67.6 Å². The van der Waals surface area contributed by atoms with Gasteiger partial charge < -0.3 is 24.8 Å². The van der Waals surface area contributed by atoms with E-state index >= 15 is 0 Å². The molecule has 1 fully saturated rings. The molecule has 1 heterocycles. The van der Waals surface area contributed by atoms with E-state index in [4.69, 9.17) is 9.47 Å². The topological polar surface area (TPSA) is 105 Å². The van der Waals surface area contributed by atoms with Gasteiger partial charge in [-0.25, -0.2) is 22.0 Å². The summed E-state index contributed by atoms with van der Waals surface area (Å²) < 4.78 is 63.2. The summed E-state index contributed by atoms with van der Waals surface area (Å²) in [6.45, 7) is 5.00. The Kier molecular flexibility index (Phi) is 9.73. The lowest BCUT2D eigenvalue weighted by Crippen LogP contribution is -2.48. The van der Waals surface area contributed by atoms with Crippen molar-refractivity contribution < 1.29 is 36.6 Å². The van der Waals surface area contributed by atoms with E-state index in [-0.39, 0.29) is 28.2 Å². The van der Waals surface area contributed by atoms with Crippen molar-refractivity contribution in [2.75, 3.05) is 24.7 Å². The fraction of sp³-hybridized carbons (Fsp3) is 0.387. The Hall–Kier alpha value is -3.70. The molecule has 3 aromatic rings. The van der Waals surface area contributed by atoms with Gasteiger partial charge in [-0.3, -0.25) is 0 Å². The van der Waals surface area contributed by atoms with Crippen LogP contribution in [0.15, 0.2) is 65.6 Å². The predicted molar refractivity (Wildman–Crippen MR) is 156 cm³/mol. The zero-order valence-electron chi connectivity index (χ0n) is 23.9. The van der Waals surface area contributed by atoms with Gasteiger partial charge in [-0.2, -0.15) is 0 Å². The summed E-state index contributed by atoms with van der Waals surface area (Å²) >= 11 is 0. The highest BCUT2D eigenvalue weighted by atomic mass is 32.2. The molecule has 1 aliphatic rings. The molecule has 8 nitrogen and oxygen atoms in total. The number of aliphatic hydroxyl groups is 1. The molecule has 0 saturated carbocycles. The first-order valence-corrected chi connectivity index (χ1v) is 15.8. The van der Waals surface area contributed by atoms with Crippen LogP contribution in [0.4, 0.5) is 19.3 Å². The maximum Gasteiger partial charge on any atom is 0.321 e. The van der Waals surface area contributed by atoms with Crippen LogP contribution in [0.5, 0.6) is 23.0 Å². The first kappa shape index (κ1) is 31.2. The van der Waals surface area contributed by atoms with Crippen molar-refractivity contribution in [1.82, 2.24) is 4.90 Å². The van der Waals surface area contributed by atoms with Gasteiger partial charge in [0.15, 0.2) is 21.4 Å². The Bertz CT molecular complexity index is 1500. The van der Waals surface area contributed by atoms with E-state index in [2.05, 4.69) is 19.2 Å². The largest absolute Gasteiger partial charge is 0.457 e. The first-order valence-electron chi connectivity index (χ1n) is 13.9. The number of likely N-dealkylation sites (tertiary alicyclic amines) is 1. The van der Waals surface area contributed by atoms with Crippen LogP contribution in [0.3, 0.4) is 0 Å². The van der Waals surface area contributed by atoms with Gasteiger partial charge in [0.1, 0.15) is 23.1 Å². The minimum Gasteiger partial charge on any atom is -0.457 e. The van der Waals surface area contributed by atoms with Gasteiger partial charge in [-0.1, -0.05) is 26.7 Å². The van der Waals surface area contributed by atoms with Gasteiger partial charge in [0.25, 0.3) is 0 Å². The molecule has 3 aromatic carbocycles. The zero-order chi connectivity index (χ0) is 30.5. The van der Waals surface area contributed by atoms with Crippen LogP contribution in [-0.2, 0) is 9.84 Å². The number of rotatable bonds is 10. The highest BCUT2D eigenvalue weighted by molar-refractivity contribution is 7.90. The van der Waals surface area contributed by atoms with Crippen LogP contribution in [0, 0.1) is 17.6 Å². The summed E-state index contributed by atoms with van der Waals surface area (Å²) in [7, 11) is -3.62. The van der Waals surface area contributed by atoms with Crippen molar-refractivity contribution >= 4 is 21.6 Å². The number of sulfone groups is 1. The summed E-state index contributed by atoms with van der Waals surface area (Å²) in [6, 6.07) is 12.7. The highest BCUT2D eigenvalue weighted by Crippen LogP contribution is 2.35. The molecule has 1 saturated heterocycles. The second-order valence-electron chi connectivity index (χ2n) is 10.7.